The van der Waals surface area contributed by atoms with Crippen molar-refractivity contribution >= 4 is 17.7 Å². The molecule has 0 atom stereocenters. The van der Waals surface area contributed by atoms with Crippen molar-refractivity contribution in [3.05, 3.63) is 30.3 Å². The maximum atomic E-state index is 12.2. The normalized spacial score (nSPS) is 14.6. The van der Waals surface area contributed by atoms with E-state index in [0.29, 0.717) is 31.9 Å². The Morgan fingerprint density at radius 2 is 1.73 bits per heavy atom. The maximum Gasteiger partial charge on any atom is 0.309 e. The zero-order valence-corrected chi connectivity index (χ0v) is 15.2. The summed E-state index contributed by atoms with van der Waals surface area (Å²) in [5, 5.41) is 5.22. The fourth-order valence-corrected chi connectivity index (χ4v) is 2.78. The molecule has 26 heavy (non-hydrogen) atoms. The van der Waals surface area contributed by atoms with Gasteiger partial charge < -0.3 is 20.3 Å². The maximum absolute atomic E-state index is 12.2. The molecule has 1 saturated heterocycles. The molecular weight excluding hydrogens is 334 g/mol. The molecule has 1 aliphatic heterocycles. The summed E-state index contributed by atoms with van der Waals surface area (Å²) in [5.41, 5.74) is 0. The summed E-state index contributed by atoms with van der Waals surface area (Å²) in [7, 11) is 0. The van der Waals surface area contributed by atoms with Gasteiger partial charge in [0.25, 0.3) is 5.91 Å². The van der Waals surface area contributed by atoms with Crippen LogP contribution in [-0.4, -0.2) is 55.4 Å². The van der Waals surface area contributed by atoms with Crippen molar-refractivity contribution in [2.24, 2.45) is 5.92 Å². The first kappa shape index (κ1) is 19.8. The molecule has 0 saturated carbocycles. The van der Waals surface area contributed by atoms with E-state index in [1.807, 2.05) is 37.3 Å². The summed E-state index contributed by atoms with van der Waals surface area (Å²) in [6.45, 7) is 4.19. The molecule has 1 aliphatic rings. The molecule has 0 aliphatic carbocycles. The lowest BCUT2D eigenvalue weighted by Gasteiger charge is -2.32. The van der Waals surface area contributed by atoms with Gasteiger partial charge >= 0.3 is 11.8 Å². The Kier molecular flexibility index (Phi) is 7.92. The van der Waals surface area contributed by atoms with E-state index in [1.165, 1.54) is 0 Å². The number of amides is 3. The lowest BCUT2D eigenvalue weighted by atomic mass is 9.97. The van der Waals surface area contributed by atoms with Gasteiger partial charge in [-0.25, -0.2) is 0 Å². The van der Waals surface area contributed by atoms with Crippen molar-refractivity contribution < 1.29 is 19.1 Å². The number of hydrogen-bond donors (Lipinski definition) is 2. The first-order valence-electron chi connectivity index (χ1n) is 9.11. The molecule has 0 radical (unpaired) electrons. The standard InChI is InChI=1S/C19H27N3O4/c1-2-10-20-18(24)19(25)21-13-15-8-11-22(12-9-15)17(23)14-26-16-6-4-3-5-7-16/h3-7,15H,2,8-14H2,1H3,(H,20,24)(H,21,25). The molecule has 1 fully saturated rings. The van der Waals surface area contributed by atoms with Crippen molar-refractivity contribution in [1.29, 1.82) is 0 Å². The number of nitrogens with zero attached hydrogens (tertiary/aromatic N) is 1. The highest BCUT2D eigenvalue weighted by molar-refractivity contribution is 6.35. The molecule has 2 N–H and O–H groups in total. The zero-order valence-electron chi connectivity index (χ0n) is 15.2. The van der Waals surface area contributed by atoms with Crippen LogP contribution in [0.5, 0.6) is 5.75 Å². The Balaban J connectivity index is 1.64. The SMILES string of the molecule is CCCNC(=O)C(=O)NCC1CCN(C(=O)COc2ccccc2)CC1. The fourth-order valence-electron chi connectivity index (χ4n) is 2.78. The minimum atomic E-state index is -0.590. The van der Waals surface area contributed by atoms with Crippen LogP contribution in [0, 0.1) is 5.92 Å². The highest BCUT2D eigenvalue weighted by atomic mass is 16.5. The second kappa shape index (κ2) is 10.4. The molecule has 2 rings (SSSR count). The smallest absolute Gasteiger partial charge is 0.309 e. The number of likely N-dealkylation sites (tertiary alicyclic amines) is 1. The van der Waals surface area contributed by atoms with Crippen molar-refractivity contribution in [3.63, 3.8) is 0 Å². The Morgan fingerprint density at radius 3 is 2.38 bits per heavy atom. The van der Waals surface area contributed by atoms with Gasteiger partial charge in [0, 0.05) is 26.2 Å². The third-order valence-corrected chi connectivity index (χ3v) is 4.37. The van der Waals surface area contributed by atoms with Crippen molar-refractivity contribution in [3.8, 4) is 5.75 Å². The van der Waals surface area contributed by atoms with Gasteiger partial charge in [-0.2, -0.15) is 0 Å². The quantitative estimate of drug-likeness (QED) is 0.708. The number of para-hydroxylation sites is 1. The van der Waals surface area contributed by atoms with Gasteiger partial charge in [0.15, 0.2) is 6.61 Å². The number of hydrogen-bond acceptors (Lipinski definition) is 4. The third kappa shape index (κ3) is 6.38. The highest BCUT2D eigenvalue weighted by Gasteiger charge is 2.24. The van der Waals surface area contributed by atoms with Crippen LogP contribution in [0.2, 0.25) is 0 Å². The lowest BCUT2D eigenvalue weighted by Crippen LogP contribution is -2.45. The Bertz CT molecular complexity index is 598. The number of ether oxygens (including phenoxy) is 1. The van der Waals surface area contributed by atoms with Crippen molar-refractivity contribution in [2.45, 2.75) is 26.2 Å². The van der Waals surface area contributed by atoms with Crippen molar-refractivity contribution in [1.82, 2.24) is 15.5 Å². The van der Waals surface area contributed by atoms with Crippen LogP contribution in [0.3, 0.4) is 0 Å². The van der Waals surface area contributed by atoms with Gasteiger partial charge in [-0.1, -0.05) is 25.1 Å². The Morgan fingerprint density at radius 1 is 1.08 bits per heavy atom. The van der Waals surface area contributed by atoms with Crippen LogP contribution < -0.4 is 15.4 Å². The molecule has 1 aromatic carbocycles. The number of piperidine rings is 1. The average molecular weight is 361 g/mol. The van der Waals surface area contributed by atoms with Gasteiger partial charge in [0.05, 0.1) is 0 Å². The Labute approximate surface area is 154 Å². The van der Waals surface area contributed by atoms with Crippen LogP contribution in [0.4, 0.5) is 0 Å². The monoisotopic (exact) mass is 361 g/mol. The predicted molar refractivity (Wildman–Crippen MR) is 97.6 cm³/mol. The van der Waals surface area contributed by atoms with E-state index in [0.717, 1.165) is 19.3 Å². The number of nitrogens with one attached hydrogen (secondary N) is 2. The van der Waals surface area contributed by atoms with E-state index in [9.17, 15) is 14.4 Å². The summed E-state index contributed by atoms with van der Waals surface area (Å²) >= 11 is 0. The lowest BCUT2D eigenvalue weighted by molar-refractivity contribution is -0.139. The van der Waals surface area contributed by atoms with E-state index in [2.05, 4.69) is 10.6 Å². The van der Waals surface area contributed by atoms with E-state index in [4.69, 9.17) is 4.74 Å². The molecule has 0 aromatic heterocycles. The van der Waals surface area contributed by atoms with E-state index in [1.54, 1.807) is 4.90 Å². The van der Waals surface area contributed by atoms with E-state index < -0.39 is 11.8 Å². The third-order valence-electron chi connectivity index (χ3n) is 4.37. The number of rotatable bonds is 7. The van der Waals surface area contributed by atoms with Gasteiger partial charge in [0.1, 0.15) is 5.75 Å². The Hall–Kier alpha value is -2.57. The molecule has 1 heterocycles. The number of carbonyl (C=O) groups is 3. The second-order valence-electron chi connectivity index (χ2n) is 6.39. The number of benzene rings is 1. The molecule has 142 valence electrons. The van der Waals surface area contributed by atoms with Gasteiger partial charge in [-0.15, -0.1) is 0 Å². The molecule has 0 spiro atoms. The zero-order chi connectivity index (χ0) is 18.8. The van der Waals surface area contributed by atoms with Crippen LogP contribution >= 0.6 is 0 Å². The van der Waals surface area contributed by atoms with Gasteiger partial charge in [-0.3, -0.25) is 14.4 Å². The summed E-state index contributed by atoms with van der Waals surface area (Å²) in [6, 6.07) is 9.26. The average Bonchev–Trinajstić information content (AvgIpc) is 2.69. The van der Waals surface area contributed by atoms with Crippen LogP contribution in [0.25, 0.3) is 0 Å². The van der Waals surface area contributed by atoms with Gasteiger partial charge in [0.2, 0.25) is 0 Å². The molecular formula is C19H27N3O4. The first-order chi connectivity index (χ1) is 12.6. The summed E-state index contributed by atoms with van der Waals surface area (Å²) in [4.78, 5) is 37.2. The minimum absolute atomic E-state index is 0.0308. The summed E-state index contributed by atoms with van der Waals surface area (Å²) in [5.74, 6) is -0.252. The molecule has 1 aromatic rings. The van der Waals surface area contributed by atoms with E-state index >= 15 is 0 Å². The largest absolute Gasteiger partial charge is 0.484 e. The highest BCUT2D eigenvalue weighted by Crippen LogP contribution is 2.17. The minimum Gasteiger partial charge on any atom is -0.484 e. The van der Waals surface area contributed by atoms with Crippen LogP contribution in [0.15, 0.2) is 30.3 Å². The van der Waals surface area contributed by atoms with Crippen LogP contribution in [0.1, 0.15) is 26.2 Å². The molecule has 7 nitrogen and oxygen atoms in total. The first-order valence-corrected chi connectivity index (χ1v) is 9.11. The molecule has 7 heteroatoms. The van der Waals surface area contributed by atoms with Crippen molar-refractivity contribution in [2.75, 3.05) is 32.8 Å². The van der Waals surface area contributed by atoms with Crippen LogP contribution in [-0.2, 0) is 14.4 Å². The second-order valence-corrected chi connectivity index (χ2v) is 6.39. The summed E-state index contributed by atoms with van der Waals surface area (Å²) < 4.78 is 5.49. The van der Waals surface area contributed by atoms with E-state index in [-0.39, 0.29) is 18.4 Å². The molecule has 0 unspecified atom stereocenters. The predicted octanol–water partition coefficient (Wildman–Crippen LogP) is 0.946. The molecule has 0 bridgehead atoms. The topological polar surface area (TPSA) is 87.7 Å². The molecule has 3 amide bonds. The number of carbonyl (C=O) groups excluding carboxylic acids is 3. The fraction of sp³-hybridized carbons (Fsp3) is 0.526. The van der Waals surface area contributed by atoms with Gasteiger partial charge in [-0.05, 0) is 37.3 Å². The summed E-state index contributed by atoms with van der Waals surface area (Å²) in [6.07, 6.45) is 2.39.